The Kier molecular flexibility index (Phi) is 3.36. The summed E-state index contributed by atoms with van der Waals surface area (Å²) >= 11 is 0. The average Bonchev–Trinajstić information content (AvgIpc) is 1.82. The summed E-state index contributed by atoms with van der Waals surface area (Å²) in [7, 11) is 0. The SMILES string of the molecule is CC=C(C)C(C)=CC(F)(F)F. The van der Waals surface area contributed by atoms with E-state index in [0.29, 0.717) is 11.6 Å². The summed E-state index contributed by atoms with van der Waals surface area (Å²) < 4.78 is 35.1. The van der Waals surface area contributed by atoms with Crippen LogP contribution in [-0.4, -0.2) is 6.18 Å². The summed E-state index contributed by atoms with van der Waals surface area (Å²) in [6, 6.07) is 0. The summed E-state index contributed by atoms with van der Waals surface area (Å²) in [5.41, 5.74) is 0.919. The Morgan fingerprint density at radius 2 is 1.55 bits per heavy atom. The number of hydrogen-bond acceptors (Lipinski definition) is 0. The lowest BCUT2D eigenvalue weighted by atomic mass is 10.1. The number of allylic oxidation sites excluding steroid dienone is 4. The van der Waals surface area contributed by atoms with Crippen molar-refractivity contribution in [3.8, 4) is 0 Å². The quantitative estimate of drug-likeness (QED) is 0.520. The zero-order chi connectivity index (χ0) is 9.07. The molecular formula is C8H11F3. The van der Waals surface area contributed by atoms with E-state index in [4.69, 9.17) is 0 Å². The van der Waals surface area contributed by atoms with Gasteiger partial charge in [0, 0.05) is 6.08 Å². The molecule has 0 saturated heterocycles. The predicted molar refractivity (Wildman–Crippen MR) is 39.2 cm³/mol. The second-order valence-electron chi connectivity index (χ2n) is 2.34. The summed E-state index contributed by atoms with van der Waals surface area (Å²) in [4.78, 5) is 0. The Bertz CT molecular complexity index is 184. The van der Waals surface area contributed by atoms with Gasteiger partial charge in [0.25, 0.3) is 0 Å². The van der Waals surface area contributed by atoms with Gasteiger partial charge in [-0.3, -0.25) is 0 Å². The van der Waals surface area contributed by atoms with E-state index in [1.807, 2.05) is 0 Å². The molecule has 11 heavy (non-hydrogen) atoms. The van der Waals surface area contributed by atoms with Gasteiger partial charge in [0.15, 0.2) is 0 Å². The largest absolute Gasteiger partial charge is 0.410 e. The van der Waals surface area contributed by atoms with Crippen molar-refractivity contribution in [1.82, 2.24) is 0 Å². The first-order valence-corrected chi connectivity index (χ1v) is 3.26. The van der Waals surface area contributed by atoms with Crippen molar-refractivity contribution in [2.24, 2.45) is 0 Å². The van der Waals surface area contributed by atoms with Gasteiger partial charge < -0.3 is 0 Å². The molecule has 0 saturated carbocycles. The van der Waals surface area contributed by atoms with E-state index >= 15 is 0 Å². The Morgan fingerprint density at radius 3 is 1.82 bits per heavy atom. The summed E-state index contributed by atoms with van der Waals surface area (Å²) in [6.45, 7) is 4.81. The van der Waals surface area contributed by atoms with Gasteiger partial charge in [0.05, 0.1) is 0 Å². The summed E-state index contributed by atoms with van der Waals surface area (Å²) in [6.07, 6.45) is -2.24. The van der Waals surface area contributed by atoms with Crippen LogP contribution in [0.1, 0.15) is 20.8 Å². The van der Waals surface area contributed by atoms with Gasteiger partial charge in [0.2, 0.25) is 0 Å². The van der Waals surface area contributed by atoms with Crippen LogP contribution >= 0.6 is 0 Å². The van der Waals surface area contributed by atoms with E-state index < -0.39 is 6.18 Å². The monoisotopic (exact) mass is 164 g/mol. The van der Waals surface area contributed by atoms with Crippen LogP contribution < -0.4 is 0 Å². The third-order valence-electron chi connectivity index (χ3n) is 1.44. The fourth-order valence-corrected chi connectivity index (χ4v) is 0.587. The highest BCUT2D eigenvalue weighted by Crippen LogP contribution is 2.21. The van der Waals surface area contributed by atoms with Crippen molar-refractivity contribution in [3.63, 3.8) is 0 Å². The van der Waals surface area contributed by atoms with Gasteiger partial charge in [0.1, 0.15) is 0 Å². The Hall–Kier alpha value is -0.730. The Balaban J connectivity index is 4.48. The van der Waals surface area contributed by atoms with E-state index in [1.165, 1.54) is 6.92 Å². The van der Waals surface area contributed by atoms with E-state index in [1.54, 1.807) is 19.9 Å². The molecular weight excluding hydrogens is 153 g/mol. The minimum absolute atomic E-state index is 0.264. The third-order valence-corrected chi connectivity index (χ3v) is 1.44. The highest BCUT2D eigenvalue weighted by molar-refractivity contribution is 5.27. The minimum Gasteiger partial charge on any atom is -0.167 e. The number of alkyl halides is 3. The van der Waals surface area contributed by atoms with Gasteiger partial charge >= 0.3 is 6.18 Å². The fourth-order valence-electron chi connectivity index (χ4n) is 0.587. The van der Waals surface area contributed by atoms with Gasteiger partial charge in [-0.05, 0) is 26.3 Å². The molecule has 0 amide bonds. The van der Waals surface area contributed by atoms with Crippen molar-refractivity contribution in [2.75, 3.05) is 0 Å². The maximum Gasteiger partial charge on any atom is 0.410 e. The van der Waals surface area contributed by atoms with Crippen LogP contribution in [0.15, 0.2) is 23.3 Å². The van der Waals surface area contributed by atoms with E-state index in [9.17, 15) is 13.2 Å². The normalized spacial score (nSPS) is 15.5. The predicted octanol–water partition coefficient (Wildman–Crippen LogP) is 3.46. The van der Waals surface area contributed by atoms with E-state index in [2.05, 4.69) is 0 Å². The Morgan fingerprint density at radius 1 is 1.09 bits per heavy atom. The van der Waals surface area contributed by atoms with Crippen LogP contribution in [0, 0.1) is 0 Å². The minimum atomic E-state index is -4.20. The molecule has 0 unspecified atom stereocenters. The van der Waals surface area contributed by atoms with Crippen LogP contribution in [0.2, 0.25) is 0 Å². The van der Waals surface area contributed by atoms with Gasteiger partial charge in [-0.25, -0.2) is 0 Å². The van der Waals surface area contributed by atoms with Crippen molar-refractivity contribution < 1.29 is 13.2 Å². The second kappa shape index (κ2) is 3.60. The molecule has 0 radical (unpaired) electrons. The summed E-state index contributed by atoms with van der Waals surface area (Å²) in [5, 5.41) is 0. The Labute approximate surface area is 64.4 Å². The van der Waals surface area contributed by atoms with E-state index in [-0.39, 0.29) is 5.57 Å². The van der Waals surface area contributed by atoms with Crippen molar-refractivity contribution in [1.29, 1.82) is 0 Å². The molecule has 0 aliphatic carbocycles. The first kappa shape index (κ1) is 10.3. The molecule has 0 rings (SSSR count). The van der Waals surface area contributed by atoms with Crippen LogP contribution in [0.4, 0.5) is 13.2 Å². The highest BCUT2D eigenvalue weighted by atomic mass is 19.4. The zero-order valence-corrected chi connectivity index (χ0v) is 6.79. The molecule has 0 aromatic rings. The lowest BCUT2D eigenvalue weighted by Gasteiger charge is -2.03. The van der Waals surface area contributed by atoms with Crippen LogP contribution in [0.25, 0.3) is 0 Å². The molecule has 0 spiro atoms. The third kappa shape index (κ3) is 4.65. The standard InChI is InChI=1S/C8H11F3/c1-4-6(2)7(3)5-8(9,10)11/h4-5H,1-3H3. The van der Waals surface area contributed by atoms with Gasteiger partial charge in [-0.2, -0.15) is 13.2 Å². The lowest BCUT2D eigenvalue weighted by Crippen LogP contribution is -2.02. The number of hydrogen-bond donors (Lipinski definition) is 0. The van der Waals surface area contributed by atoms with Crippen LogP contribution in [-0.2, 0) is 0 Å². The van der Waals surface area contributed by atoms with E-state index in [0.717, 1.165) is 0 Å². The highest BCUT2D eigenvalue weighted by Gasteiger charge is 2.23. The number of halogens is 3. The van der Waals surface area contributed by atoms with Crippen molar-refractivity contribution in [3.05, 3.63) is 23.3 Å². The molecule has 3 heteroatoms. The molecule has 0 bridgehead atoms. The molecule has 0 fully saturated rings. The van der Waals surface area contributed by atoms with Gasteiger partial charge in [-0.15, -0.1) is 0 Å². The first-order chi connectivity index (χ1) is 4.87. The van der Waals surface area contributed by atoms with Crippen LogP contribution in [0.5, 0.6) is 0 Å². The molecule has 64 valence electrons. The number of rotatable bonds is 1. The van der Waals surface area contributed by atoms with Crippen molar-refractivity contribution >= 4 is 0 Å². The smallest absolute Gasteiger partial charge is 0.167 e. The fraction of sp³-hybridized carbons (Fsp3) is 0.500. The first-order valence-electron chi connectivity index (χ1n) is 3.26. The molecule has 0 aliphatic heterocycles. The maximum absolute atomic E-state index is 11.7. The second-order valence-corrected chi connectivity index (χ2v) is 2.34. The summed E-state index contributed by atoms with van der Waals surface area (Å²) in [5.74, 6) is 0. The zero-order valence-electron chi connectivity index (χ0n) is 6.79. The average molecular weight is 164 g/mol. The molecule has 0 aromatic heterocycles. The molecule has 0 N–H and O–H groups in total. The lowest BCUT2D eigenvalue weighted by molar-refractivity contribution is -0.0803. The molecule has 0 heterocycles. The maximum atomic E-state index is 11.7. The molecule has 0 aromatic carbocycles. The molecule has 0 atom stereocenters. The molecule has 0 nitrogen and oxygen atoms in total. The van der Waals surface area contributed by atoms with Gasteiger partial charge in [-0.1, -0.05) is 11.6 Å². The molecule has 0 aliphatic rings. The van der Waals surface area contributed by atoms with Crippen molar-refractivity contribution in [2.45, 2.75) is 26.9 Å². The van der Waals surface area contributed by atoms with Crippen LogP contribution in [0.3, 0.4) is 0 Å². The topological polar surface area (TPSA) is 0 Å².